The fraction of sp³-hybridized carbons (Fsp3) is 0.818. The van der Waals surface area contributed by atoms with Crippen molar-refractivity contribution >= 4 is 23.8 Å². The van der Waals surface area contributed by atoms with Gasteiger partial charge in [0.05, 0.1) is 13.2 Å². The van der Waals surface area contributed by atoms with E-state index in [1.165, 1.54) is 7.11 Å². The summed E-state index contributed by atoms with van der Waals surface area (Å²) >= 11 is 1.73. The number of unbranched alkanes of at least 4 members (excludes halogenated alkanes) is 1. The molecule has 0 spiro atoms. The molecule has 7 heteroatoms. The van der Waals surface area contributed by atoms with Crippen molar-refractivity contribution in [3.8, 4) is 0 Å². The molecule has 18 heavy (non-hydrogen) atoms. The van der Waals surface area contributed by atoms with Crippen molar-refractivity contribution in [1.29, 1.82) is 0 Å². The summed E-state index contributed by atoms with van der Waals surface area (Å²) in [6, 6.07) is -0.161. The first-order chi connectivity index (χ1) is 8.54. The van der Waals surface area contributed by atoms with Gasteiger partial charge in [-0.05, 0) is 12.8 Å². The maximum atomic E-state index is 11.1. The minimum absolute atomic E-state index is 0.0630. The molecule has 1 aliphatic rings. The summed E-state index contributed by atoms with van der Waals surface area (Å²) in [6.07, 6.45) is 2.16. The van der Waals surface area contributed by atoms with Crippen molar-refractivity contribution in [3.05, 3.63) is 0 Å². The standard InChI is InChI=1S/C11H20N2O4S/c1-17-11(16)13-7-6-18-8(10(7)12)4-2-3-5-9(14)15/h7-8,10H,2-6,12H2,1H3,(H,13,16)(H,14,15)/t7-,8-,10+/m1/s1. The number of thioether (sulfide) groups is 1. The number of carboxylic acids is 1. The number of carbonyl (C=O) groups excluding carboxylic acids is 1. The first kappa shape index (κ1) is 15.1. The lowest BCUT2D eigenvalue weighted by atomic mass is 10.0. The minimum atomic E-state index is -0.761. The Kier molecular flexibility index (Phi) is 6.28. The van der Waals surface area contributed by atoms with E-state index >= 15 is 0 Å². The Morgan fingerprint density at radius 3 is 2.83 bits per heavy atom. The number of aliphatic carboxylic acids is 1. The molecule has 0 saturated carbocycles. The van der Waals surface area contributed by atoms with Crippen LogP contribution in [0.25, 0.3) is 0 Å². The lowest BCUT2D eigenvalue weighted by Crippen LogP contribution is -2.49. The molecule has 0 bridgehead atoms. The number of alkyl carbamates (subject to hydrolysis) is 1. The molecule has 1 saturated heterocycles. The van der Waals surface area contributed by atoms with Crippen LogP contribution in [-0.2, 0) is 9.53 Å². The van der Waals surface area contributed by atoms with Gasteiger partial charge in [0, 0.05) is 23.5 Å². The van der Waals surface area contributed by atoms with Gasteiger partial charge in [0.25, 0.3) is 0 Å². The van der Waals surface area contributed by atoms with E-state index in [0.29, 0.717) is 6.42 Å². The van der Waals surface area contributed by atoms with Gasteiger partial charge in [-0.3, -0.25) is 4.79 Å². The van der Waals surface area contributed by atoms with Gasteiger partial charge in [-0.15, -0.1) is 0 Å². The normalized spacial score (nSPS) is 26.9. The fourth-order valence-corrected chi connectivity index (χ4v) is 3.46. The smallest absolute Gasteiger partial charge is 0.407 e. The zero-order valence-electron chi connectivity index (χ0n) is 10.4. The van der Waals surface area contributed by atoms with Crippen molar-refractivity contribution < 1.29 is 19.4 Å². The number of methoxy groups -OCH3 is 1. The third kappa shape index (κ3) is 4.73. The van der Waals surface area contributed by atoms with Crippen LogP contribution in [0.2, 0.25) is 0 Å². The molecule has 4 N–H and O–H groups in total. The predicted molar refractivity (Wildman–Crippen MR) is 69.7 cm³/mol. The van der Waals surface area contributed by atoms with E-state index in [-0.39, 0.29) is 23.8 Å². The van der Waals surface area contributed by atoms with E-state index in [1.54, 1.807) is 11.8 Å². The summed E-state index contributed by atoms with van der Waals surface area (Å²) in [4.78, 5) is 21.5. The Labute approximate surface area is 111 Å². The molecule has 0 unspecified atom stereocenters. The van der Waals surface area contributed by atoms with Crippen LogP contribution in [0.5, 0.6) is 0 Å². The van der Waals surface area contributed by atoms with Crippen LogP contribution in [0.1, 0.15) is 25.7 Å². The van der Waals surface area contributed by atoms with Crippen molar-refractivity contribution in [1.82, 2.24) is 5.32 Å². The SMILES string of the molecule is COC(=O)N[C@@H]1CS[C@H](CCCCC(=O)O)[C@H]1N. The van der Waals surface area contributed by atoms with Gasteiger partial charge >= 0.3 is 12.1 Å². The highest BCUT2D eigenvalue weighted by Crippen LogP contribution is 2.30. The van der Waals surface area contributed by atoms with Crippen LogP contribution in [0.4, 0.5) is 4.79 Å². The quantitative estimate of drug-likeness (QED) is 0.620. The molecular formula is C11H20N2O4S. The number of nitrogens with two attached hydrogens (primary N) is 1. The summed E-state index contributed by atoms with van der Waals surface area (Å²) in [5.41, 5.74) is 6.06. The Hall–Kier alpha value is -0.950. The zero-order valence-corrected chi connectivity index (χ0v) is 11.2. The highest BCUT2D eigenvalue weighted by Gasteiger charge is 2.34. The third-order valence-electron chi connectivity index (χ3n) is 3.00. The van der Waals surface area contributed by atoms with Gasteiger partial charge in [0.15, 0.2) is 0 Å². The van der Waals surface area contributed by atoms with Crippen LogP contribution in [-0.4, -0.2) is 47.4 Å². The van der Waals surface area contributed by atoms with Gasteiger partial charge in [0.2, 0.25) is 0 Å². The summed E-state index contributed by atoms with van der Waals surface area (Å²) in [6.45, 7) is 0. The topological polar surface area (TPSA) is 102 Å². The van der Waals surface area contributed by atoms with Crippen LogP contribution >= 0.6 is 11.8 Å². The molecule has 1 aliphatic heterocycles. The molecule has 1 fully saturated rings. The number of carboxylic acid groups (broad SMARTS) is 1. The van der Waals surface area contributed by atoms with E-state index in [0.717, 1.165) is 18.6 Å². The monoisotopic (exact) mass is 276 g/mol. The summed E-state index contributed by atoms with van der Waals surface area (Å²) < 4.78 is 4.54. The fourth-order valence-electron chi connectivity index (χ4n) is 1.95. The average molecular weight is 276 g/mol. The van der Waals surface area contributed by atoms with E-state index in [9.17, 15) is 9.59 Å². The number of amides is 1. The van der Waals surface area contributed by atoms with Gasteiger partial charge < -0.3 is 20.9 Å². The van der Waals surface area contributed by atoms with Gasteiger partial charge in [-0.2, -0.15) is 11.8 Å². The van der Waals surface area contributed by atoms with Crippen LogP contribution < -0.4 is 11.1 Å². The molecule has 0 aromatic carbocycles. The number of hydrogen-bond donors (Lipinski definition) is 3. The zero-order chi connectivity index (χ0) is 13.5. The van der Waals surface area contributed by atoms with E-state index in [4.69, 9.17) is 10.8 Å². The Morgan fingerprint density at radius 1 is 1.50 bits per heavy atom. The lowest BCUT2D eigenvalue weighted by molar-refractivity contribution is -0.137. The van der Waals surface area contributed by atoms with E-state index in [1.807, 2.05) is 0 Å². The van der Waals surface area contributed by atoms with Gasteiger partial charge in [0.1, 0.15) is 0 Å². The van der Waals surface area contributed by atoms with Gasteiger partial charge in [-0.25, -0.2) is 4.79 Å². The molecule has 1 rings (SSSR count). The molecule has 3 atom stereocenters. The predicted octanol–water partition coefficient (Wildman–Crippen LogP) is 0.799. The Bertz CT molecular complexity index is 301. The number of rotatable bonds is 6. The first-order valence-electron chi connectivity index (χ1n) is 5.98. The lowest BCUT2D eigenvalue weighted by Gasteiger charge is -2.19. The van der Waals surface area contributed by atoms with E-state index < -0.39 is 12.1 Å². The number of carbonyl (C=O) groups is 2. The van der Waals surface area contributed by atoms with E-state index in [2.05, 4.69) is 10.1 Å². The molecule has 1 heterocycles. The summed E-state index contributed by atoms with van der Waals surface area (Å²) in [5.74, 6) is 0.0171. The summed E-state index contributed by atoms with van der Waals surface area (Å²) in [7, 11) is 1.33. The van der Waals surface area contributed by atoms with Crippen molar-refractivity contribution in [2.45, 2.75) is 43.0 Å². The van der Waals surface area contributed by atoms with Crippen molar-refractivity contribution in [2.24, 2.45) is 5.73 Å². The van der Waals surface area contributed by atoms with Crippen molar-refractivity contribution in [3.63, 3.8) is 0 Å². The third-order valence-corrected chi connectivity index (χ3v) is 4.53. The molecule has 6 nitrogen and oxygen atoms in total. The average Bonchev–Trinajstić information content (AvgIpc) is 2.66. The molecule has 0 aromatic heterocycles. The summed E-state index contributed by atoms with van der Waals surface area (Å²) in [5, 5.41) is 11.5. The van der Waals surface area contributed by atoms with Crippen LogP contribution in [0.15, 0.2) is 0 Å². The Morgan fingerprint density at radius 2 is 2.22 bits per heavy atom. The number of ether oxygens (including phenoxy) is 1. The molecule has 1 amide bonds. The molecule has 0 aliphatic carbocycles. The second-order valence-electron chi connectivity index (χ2n) is 4.33. The highest BCUT2D eigenvalue weighted by molar-refractivity contribution is 8.00. The largest absolute Gasteiger partial charge is 0.481 e. The first-order valence-corrected chi connectivity index (χ1v) is 7.03. The molecule has 0 radical (unpaired) electrons. The number of nitrogens with one attached hydrogen (secondary N) is 1. The van der Waals surface area contributed by atoms with Crippen LogP contribution in [0, 0.1) is 0 Å². The highest BCUT2D eigenvalue weighted by atomic mass is 32.2. The second kappa shape index (κ2) is 7.48. The number of hydrogen-bond acceptors (Lipinski definition) is 5. The molecule has 0 aromatic rings. The molecular weight excluding hydrogens is 256 g/mol. The maximum absolute atomic E-state index is 11.1. The van der Waals surface area contributed by atoms with Crippen LogP contribution in [0.3, 0.4) is 0 Å². The minimum Gasteiger partial charge on any atom is -0.481 e. The second-order valence-corrected chi connectivity index (χ2v) is 5.60. The van der Waals surface area contributed by atoms with Gasteiger partial charge in [-0.1, -0.05) is 6.42 Å². The Balaban J connectivity index is 2.24. The molecule has 104 valence electrons. The van der Waals surface area contributed by atoms with Crippen molar-refractivity contribution in [2.75, 3.05) is 12.9 Å². The maximum Gasteiger partial charge on any atom is 0.407 e.